The van der Waals surface area contributed by atoms with E-state index in [1.54, 1.807) is 11.8 Å². The van der Waals surface area contributed by atoms with Gasteiger partial charge in [-0.05, 0) is 61.7 Å². The van der Waals surface area contributed by atoms with Gasteiger partial charge in [0, 0.05) is 11.0 Å². The normalized spacial score (nSPS) is 51.4. The number of cyclic esters (lactones) is 1. The van der Waals surface area contributed by atoms with Crippen molar-refractivity contribution in [3.63, 3.8) is 0 Å². The molecule has 6 heteroatoms. The summed E-state index contributed by atoms with van der Waals surface area (Å²) in [5.74, 6) is 1.20. The van der Waals surface area contributed by atoms with E-state index in [0.29, 0.717) is 24.4 Å². The van der Waals surface area contributed by atoms with E-state index in [0.717, 1.165) is 37.7 Å². The molecule has 9 atom stereocenters. The van der Waals surface area contributed by atoms with Crippen LogP contribution in [0, 0.1) is 23.2 Å². The number of thioether (sulfide) groups is 1. The first-order chi connectivity index (χ1) is 14.3. The van der Waals surface area contributed by atoms with Crippen molar-refractivity contribution in [3.05, 3.63) is 11.1 Å². The van der Waals surface area contributed by atoms with Gasteiger partial charge in [-0.1, -0.05) is 27.7 Å². The van der Waals surface area contributed by atoms with Gasteiger partial charge in [-0.15, -0.1) is 11.8 Å². The predicted molar refractivity (Wildman–Crippen MR) is 114 cm³/mol. The van der Waals surface area contributed by atoms with Gasteiger partial charge >= 0.3 is 5.97 Å². The Morgan fingerprint density at radius 2 is 2.03 bits per heavy atom. The number of ether oxygens (including phenoxy) is 4. The highest BCUT2D eigenvalue weighted by molar-refractivity contribution is 7.99. The van der Waals surface area contributed by atoms with Crippen LogP contribution in [0.2, 0.25) is 0 Å². The molecule has 0 aromatic rings. The van der Waals surface area contributed by atoms with Gasteiger partial charge in [-0.2, -0.15) is 0 Å². The van der Waals surface area contributed by atoms with E-state index in [1.165, 1.54) is 5.57 Å². The molecule has 0 radical (unpaired) electrons. The summed E-state index contributed by atoms with van der Waals surface area (Å²) in [5, 5.41) is 0. The van der Waals surface area contributed by atoms with Gasteiger partial charge < -0.3 is 18.9 Å². The van der Waals surface area contributed by atoms with Crippen LogP contribution >= 0.6 is 11.8 Å². The summed E-state index contributed by atoms with van der Waals surface area (Å²) in [6.45, 7) is 9.71. The molecule has 2 spiro atoms. The average molecular weight is 435 g/mol. The van der Waals surface area contributed by atoms with E-state index in [-0.39, 0.29) is 46.3 Å². The van der Waals surface area contributed by atoms with Gasteiger partial charge in [0.1, 0.15) is 17.6 Å². The Bertz CT molecular complexity index is 820. The fraction of sp³-hybridized carbons (Fsp3) is 0.875. The Kier molecular flexibility index (Phi) is 4.20. The molecule has 2 saturated heterocycles. The van der Waals surface area contributed by atoms with Gasteiger partial charge in [-0.25, -0.2) is 4.79 Å². The lowest BCUT2D eigenvalue weighted by Gasteiger charge is -2.55. The number of hydrogen-bond donors (Lipinski definition) is 0. The fourth-order valence-corrected chi connectivity index (χ4v) is 8.50. The highest BCUT2D eigenvalue weighted by Gasteiger charge is 2.93. The molecule has 6 aliphatic rings. The van der Waals surface area contributed by atoms with Crippen molar-refractivity contribution in [2.45, 2.75) is 94.7 Å². The van der Waals surface area contributed by atoms with E-state index in [1.807, 2.05) is 0 Å². The maximum Gasteiger partial charge on any atom is 0.334 e. The summed E-state index contributed by atoms with van der Waals surface area (Å²) >= 11 is 1.80. The summed E-state index contributed by atoms with van der Waals surface area (Å²) in [4.78, 5) is 12.2. The summed E-state index contributed by atoms with van der Waals surface area (Å²) in [6.07, 6.45) is 7.41. The first kappa shape index (κ1) is 20.1. The highest BCUT2D eigenvalue weighted by Crippen LogP contribution is 2.79. The lowest BCUT2D eigenvalue weighted by Crippen LogP contribution is -2.67. The van der Waals surface area contributed by atoms with Gasteiger partial charge in [0.15, 0.2) is 5.60 Å². The third-order valence-corrected chi connectivity index (χ3v) is 10.5. The van der Waals surface area contributed by atoms with Crippen molar-refractivity contribution in [1.29, 1.82) is 0 Å². The molecule has 0 aromatic heterocycles. The number of carbonyl (C=O) groups excluding carboxylic acids is 1. The third-order valence-electron chi connectivity index (χ3n) is 9.49. The molecule has 3 heterocycles. The molecular weight excluding hydrogens is 400 g/mol. The van der Waals surface area contributed by atoms with Crippen molar-refractivity contribution in [2.75, 3.05) is 12.9 Å². The van der Waals surface area contributed by atoms with Crippen LogP contribution in [-0.4, -0.2) is 53.8 Å². The molecule has 4 fully saturated rings. The summed E-state index contributed by atoms with van der Waals surface area (Å²) in [5.41, 5.74) is 1.75. The summed E-state index contributed by atoms with van der Waals surface area (Å²) < 4.78 is 25.8. The van der Waals surface area contributed by atoms with Gasteiger partial charge in [-0.3, -0.25) is 0 Å². The second-order valence-electron chi connectivity index (χ2n) is 10.8. The van der Waals surface area contributed by atoms with Crippen molar-refractivity contribution >= 4 is 17.7 Å². The van der Waals surface area contributed by atoms with E-state index < -0.39 is 0 Å². The third kappa shape index (κ3) is 2.15. The molecule has 3 aliphatic heterocycles. The zero-order valence-corrected chi connectivity index (χ0v) is 19.6. The number of rotatable bonds is 5. The molecular formula is C24H34O5S. The van der Waals surface area contributed by atoms with Gasteiger partial charge in [0.25, 0.3) is 0 Å². The van der Waals surface area contributed by atoms with Gasteiger partial charge in [0.05, 0.1) is 18.3 Å². The minimum absolute atomic E-state index is 0.0257. The van der Waals surface area contributed by atoms with Crippen molar-refractivity contribution < 1.29 is 23.7 Å². The Labute approximate surface area is 183 Å². The second kappa shape index (κ2) is 6.27. The summed E-state index contributed by atoms with van der Waals surface area (Å²) in [7, 11) is 0. The number of carbonyl (C=O) groups is 1. The van der Waals surface area contributed by atoms with Crippen LogP contribution in [0.5, 0.6) is 0 Å². The predicted octanol–water partition coefficient (Wildman–Crippen LogP) is 4.10. The molecule has 166 valence electrons. The second-order valence-corrected chi connectivity index (χ2v) is 11.8. The molecule has 6 rings (SSSR count). The van der Waals surface area contributed by atoms with Crippen LogP contribution in [0.25, 0.3) is 0 Å². The lowest BCUT2D eigenvalue weighted by atomic mass is 9.46. The first-order valence-corrected chi connectivity index (χ1v) is 13.1. The standard InChI is InChI=1S/C24H34O5S/c1-6-19(30-5)27-20-14(12(2)3)9-18-24(29-18)22(4)8-7-13-15(11-26-21(13)25)16(22)10-17-23(20,24)28-17/h12,14,16-20H,6-11H2,1-5H3/t14?,16?,17?,18-,19?,20+,22-,23+,24+/m0/s1. The molecule has 2 saturated carbocycles. The van der Waals surface area contributed by atoms with Crippen molar-refractivity contribution in [3.8, 4) is 0 Å². The maximum absolute atomic E-state index is 12.2. The zero-order chi connectivity index (χ0) is 21.1. The maximum atomic E-state index is 12.2. The average Bonchev–Trinajstić information content (AvgIpc) is 3.60. The minimum atomic E-state index is -0.319. The molecule has 0 N–H and O–H groups in total. The molecule has 0 aromatic carbocycles. The van der Waals surface area contributed by atoms with Crippen LogP contribution in [0.4, 0.5) is 0 Å². The quantitative estimate of drug-likeness (QED) is 0.369. The topological polar surface area (TPSA) is 60.6 Å². The monoisotopic (exact) mass is 434 g/mol. The van der Waals surface area contributed by atoms with Gasteiger partial charge in [0.2, 0.25) is 0 Å². The van der Waals surface area contributed by atoms with E-state index >= 15 is 0 Å². The van der Waals surface area contributed by atoms with E-state index in [9.17, 15) is 4.79 Å². The first-order valence-electron chi connectivity index (χ1n) is 11.8. The number of epoxide rings is 2. The Morgan fingerprint density at radius 1 is 1.23 bits per heavy atom. The smallest absolute Gasteiger partial charge is 0.334 e. The number of hydrogen-bond acceptors (Lipinski definition) is 6. The van der Waals surface area contributed by atoms with Crippen LogP contribution in [0.3, 0.4) is 0 Å². The molecule has 0 amide bonds. The SMILES string of the molecule is CCC(O[C@@H]1C(C(C)C)C[C@@H]2O[C@@]23[C@@]2(C)CCC4=C(COC4=O)C2CC2O[C@]213)SC. The molecule has 5 nitrogen and oxygen atoms in total. The van der Waals surface area contributed by atoms with Crippen molar-refractivity contribution in [1.82, 2.24) is 0 Å². The van der Waals surface area contributed by atoms with Crippen LogP contribution in [0.15, 0.2) is 11.1 Å². The van der Waals surface area contributed by atoms with Crippen LogP contribution < -0.4 is 0 Å². The van der Waals surface area contributed by atoms with Crippen molar-refractivity contribution in [2.24, 2.45) is 23.2 Å². The largest absolute Gasteiger partial charge is 0.458 e. The number of esters is 1. The molecule has 0 bridgehead atoms. The van der Waals surface area contributed by atoms with E-state index in [4.69, 9.17) is 18.9 Å². The van der Waals surface area contributed by atoms with Crippen LogP contribution in [-0.2, 0) is 23.7 Å². The zero-order valence-electron chi connectivity index (χ0n) is 18.7. The number of fused-ring (bicyclic) bond motifs is 2. The molecule has 4 unspecified atom stereocenters. The Morgan fingerprint density at radius 3 is 2.73 bits per heavy atom. The minimum Gasteiger partial charge on any atom is -0.458 e. The highest BCUT2D eigenvalue weighted by atomic mass is 32.2. The fourth-order valence-electron chi connectivity index (χ4n) is 7.93. The van der Waals surface area contributed by atoms with E-state index in [2.05, 4.69) is 34.0 Å². The Balaban J connectivity index is 1.42. The molecule has 30 heavy (non-hydrogen) atoms. The summed E-state index contributed by atoms with van der Waals surface area (Å²) in [6, 6.07) is 0. The Hall–Kier alpha value is -0.560. The van der Waals surface area contributed by atoms with Crippen LogP contribution in [0.1, 0.15) is 59.8 Å². The lowest BCUT2D eigenvalue weighted by molar-refractivity contribution is -0.136. The molecule has 3 aliphatic carbocycles.